The predicted molar refractivity (Wildman–Crippen MR) is 115 cm³/mol. The number of hydrogen-bond acceptors (Lipinski definition) is 6. The van der Waals surface area contributed by atoms with Crippen molar-refractivity contribution in [2.24, 2.45) is 0 Å². The molecular formula is C21H19F2N5O3S. The molecule has 0 amide bonds. The summed E-state index contributed by atoms with van der Waals surface area (Å²) in [5.74, 6) is -1.14. The number of aromatic nitrogens is 4. The molecule has 0 saturated heterocycles. The van der Waals surface area contributed by atoms with E-state index >= 15 is 0 Å². The van der Waals surface area contributed by atoms with Crippen LogP contribution in [-0.4, -0.2) is 34.0 Å². The fourth-order valence-corrected chi connectivity index (χ4v) is 3.72. The lowest BCUT2D eigenvalue weighted by molar-refractivity contribution is 0.439. The van der Waals surface area contributed by atoms with Crippen LogP contribution in [0.2, 0.25) is 0 Å². The smallest absolute Gasteiger partial charge is 0.232 e. The number of nitrogens with zero attached hydrogens (tertiary/aromatic N) is 4. The monoisotopic (exact) mass is 459 g/mol. The summed E-state index contributed by atoms with van der Waals surface area (Å²) in [5.41, 5.74) is 2.40. The first kappa shape index (κ1) is 21.6. The highest BCUT2D eigenvalue weighted by Gasteiger charge is 2.18. The molecule has 166 valence electrons. The van der Waals surface area contributed by atoms with Gasteiger partial charge in [0, 0.05) is 17.3 Å². The van der Waals surface area contributed by atoms with Crippen LogP contribution in [0.15, 0.2) is 42.5 Å². The SMILES string of the molecule is CCS(=O)(=O)Nc1ccc(Oc2ccc(F)cc2F)c(-c2nn3c(C)nnc3cc2C)c1. The maximum absolute atomic E-state index is 14.2. The third-order valence-electron chi connectivity index (χ3n) is 4.74. The van der Waals surface area contributed by atoms with E-state index in [4.69, 9.17) is 4.74 Å². The number of fused-ring (bicyclic) bond motifs is 1. The molecule has 0 saturated carbocycles. The molecule has 4 rings (SSSR count). The van der Waals surface area contributed by atoms with E-state index < -0.39 is 21.7 Å². The molecule has 0 aliphatic carbocycles. The topological polar surface area (TPSA) is 98.5 Å². The fourth-order valence-electron chi connectivity index (χ4n) is 3.09. The predicted octanol–water partition coefficient (Wildman–Crippen LogP) is 4.24. The third-order valence-corrected chi connectivity index (χ3v) is 6.05. The van der Waals surface area contributed by atoms with E-state index in [0.29, 0.717) is 28.3 Å². The van der Waals surface area contributed by atoms with Crippen molar-refractivity contribution in [2.45, 2.75) is 20.8 Å². The van der Waals surface area contributed by atoms with Gasteiger partial charge in [0.2, 0.25) is 10.0 Å². The molecule has 32 heavy (non-hydrogen) atoms. The zero-order chi connectivity index (χ0) is 23.0. The number of halogens is 2. The Labute approximate surface area is 182 Å². The van der Waals surface area contributed by atoms with Gasteiger partial charge < -0.3 is 4.74 Å². The Morgan fingerprint density at radius 3 is 2.50 bits per heavy atom. The summed E-state index contributed by atoms with van der Waals surface area (Å²) in [7, 11) is -3.54. The van der Waals surface area contributed by atoms with Crippen LogP contribution in [0.1, 0.15) is 18.3 Å². The van der Waals surface area contributed by atoms with Gasteiger partial charge >= 0.3 is 0 Å². The van der Waals surface area contributed by atoms with Crippen LogP contribution in [0.3, 0.4) is 0 Å². The second kappa shape index (κ2) is 8.15. The van der Waals surface area contributed by atoms with Gasteiger partial charge in [0.15, 0.2) is 23.0 Å². The molecule has 8 nitrogen and oxygen atoms in total. The van der Waals surface area contributed by atoms with Gasteiger partial charge in [-0.1, -0.05) is 0 Å². The zero-order valence-electron chi connectivity index (χ0n) is 17.4. The number of anilines is 1. The minimum atomic E-state index is -3.54. The Balaban J connectivity index is 1.88. The molecule has 0 spiro atoms. The molecule has 0 atom stereocenters. The molecule has 1 N–H and O–H groups in total. The Bertz CT molecular complexity index is 1440. The standard InChI is InChI=1S/C21H19F2N5O3S/c1-4-32(29,30)27-15-6-8-18(31-19-7-5-14(22)10-17(19)23)16(11-15)21-12(2)9-20-25-24-13(3)28(20)26-21/h5-11,27H,4H2,1-3H3. The number of sulfonamides is 1. The first-order valence-electron chi connectivity index (χ1n) is 9.64. The molecule has 11 heteroatoms. The molecule has 4 aromatic rings. The van der Waals surface area contributed by atoms with E-state index in [0.717, 1.165) is 12.1 Å². The van der Waals surface area contributed by atoms with Gasteiger partial charge in [-0.05, 0) is 62.7 Å². The number of hydrogen-bond donors (Lipinski definition) is 1. The third kappa shape index (κ3) is 4.24. The van der Waals surface area contributed by atoms with Crippen LogP contribution in [0, 0.1) is 25.5 Å². The van der Waals surface area contributed by atoms with Crippen LogP contribution in [0.25, 0.3) is 16.9 Å². The van der Waals surface area contributed by atoms with Crippen LogP contribution in [0.4, 0.5) is 14.5 Å². The van der Waals surface area contributed by atoms with Crippen LogP contribution < -0.4 is 9.46 Å². The molecule has 0 radical (unpaired) electrons. The van der Waals surface area contributed by atoms with Gasteiger partial charge in [0.1, 0.15) is 11.6 Å². The zero-order valence-corrected chi connectivity index (χ0v) is 18.2. The van der Waals surface area contributed by atoms with Gasteiger partial charge in [-0.3, -0.25) is 4.72 Å². The van der Waals surface area contributed by atoms with Crippen LogP contribution in [-0.2, 0) is 10.0 Å². The quantitative estimate of drug-likeness (QED) is 0.463. The number of aryl methyl sites for hydroxylation is 2. The van der Waals surface area contributed by atoms with E-state index in [9.17, 15) is 17.2 Å². The lowest BCUT2D eigenvalue weighted by Crippen LogP contribution is -2.14. The normalized spacial score (nSPS) is 11.7. The highest BCUT2D eigenvalue weighted by Crippen LogP contribution is 2.37. The lowest BCUT2D eigenvalue weighted by atomic mass is 10.1. The summed E-state index contributed by atoms with van der Waals surface area (Å²) in [4.78, 5) is 0. The Kier molecular flexibility index (Phi) is 5.51. The number of ether oxygens (including phenoxy) is 1. The maximum atomic E-state index is 14.2. The molecule has 2 aromatic carbocycles. The molecule has 2 aromatic heterocycles. The first-order chi connectivity index (χ1) is 15.2. The Morgan fingerprint density at radius 2 is 1.78 bits per heavy atom. The van der Waals surface area contributed by atoms with Crippen molar-refractivity contribution in [2.75, 3.05) is 10.5 Å². The summed E-state index contributed by atoms with van der Waals surface area (Å²) < 4.78 is 61.4. The second-order valence-electron chi connectivity index (χ2n) is 7.09. The van der Waals surface area contributed by atoms with Crippen molar-refractivity contribution < 1.29 is 21.9 Å². The van der Waals surface area contributed by atoms with Crippen LogP contribution >= 0.6 is 0 Å². The van der Waals surface area contributed by atoms with E-state index in [1.165, 1.54) is 29.6 Å². The number of benzene rings is 2. The summed E-state index contributed by atoms with van der Waals surface area (Å²) in [6.45, 7) is 5.06. The summed E-state index contributed by atoms with van der Waals surface area (Å²) in [5, 5.41) is 12.6. The highest BCUT2D eigenvalue weighted by molar-refractivity contribution is 7.92. The van der Waals surface area contributed by atoms with Gasteiger partial charge in [0.05, 0.1) is 11.4 Å². The van der Waals surface area contributed by atoms with Crippen molar-refractivity contribution in [1.29, 1.82) is 0 Å². The second-order valence-corrected chi connectivity index (χ2v) is 9.10. The van der Waals surface area contributed by atoms with Crippen molar-refractivity contribution in [3.05, 3.63) is 65.5 Å². The van der Waals surface area contributed by atoms with Gasteiger partial charge in [-0.2, -0.15) is 9.61 Å². The largest absolute Gasteiger partial charge is 0.454 e. The number of rotatable bonds is 6. The van der Waals surface area contributed by atoms with E-state index in [1.807, 2.05) is 0 Å². The Hall–Kier alpha value is -3.60. The average molecular weight is 459 g/mol. The van der Waals surface area contributed by atoms with Gasteiger partial charge in [-0.15, -0.1) is 10.2 Å². The first-order valence-corrected chi connectivity index (χ1v) is 11.3. The van der Waals surface area contributed by atoms with Crippen molar-refractivity contribution in [3.63, 3.8) is 0 Å². The molecule has 0 fully saturated rings. The number of nitrogens with one attached hydrogen (secondary N) is 1. The average Bonchev–Trinajstić information content (AvgIpc) is 3.10. The minimum absolute atomic E-state index is 0.107. The lowest BCUT2D eigenvalue weighted by Gasteiger charge is -2.15. The molecule has 2 heterocycles. The Morgan fingerprint density at radius 1 is 1.03 bits per heavy atom. The summed E-state index contributed by atoms with van der Waals surface area (Å²) in [6, 6.07) is 9.28. The minimum Gasteiger partial charge on any atom is -0.454 e. The summed E-state index contributed by atoms with van der Waals surface area (Å²) in [6.07, 6.45) is 0. The summed E-state index contributed by atoms with van der Waals surface area (Å²) >= 11 is 0. The van der Waals surface area contributed by atoms with Crippen molar-refractivity contribution in [3.8, 4) is 22.8 Å². The van der Waals surface area contributed by atoms with Gasteiger partial charge in [-0.25, -0.2) is 17.2 Å². The molecule has 0 bridgehead atoms. The van der Waals surface area contributed by atoms with Crippen molar-refractivity contribution in [1.82, 2.24) is 19.8 Å². The molecule has 0 aliphatic rings. The molecule has 0 aliphatic heterocycles. The van der Waals surface area contributed by atoms with Gasteiger partial charge in [0.25, 0.3) is 0 Å². The highest BCUT2D eigenvalue weighted by atomic mass is 32.2. The molecule has 0 unspecified atom stereocenters. The van der Waals surface area contributed by atoms with E-state index in [2.05, 4.69) is 20.0 Å². The van der Waals surface area contributed by atoms with Crippen molar-refractivity contribution >= 4 is 21.4 Å². The molecular weight excluding hydrogens is 440 g/mol. The maximum Gasteiger partial charge on any atom is 0.232 e. The van der Waals surface area contributed by atoms with Crippen LogP contribution in [0.5, 0.6) is 11.5 Å². The fraction of sp³-hybridized carbons (Fsp3) is 0.190. The van der Waals surface area contributed by atoms with E-state index in [1.54, 1.807) is 26.0 Å². The van der Waals surface area contributed by atoms with E-state index in [-0.39, 0.29) is 22.9 Å².